The van der Waals surface area contributed by atoms with Crippen LogP contribution in [0.4, 0.5) is 13.2 Å². The van der Waals surface area contributed by atoms with Gasteiger partial charge >= 0.3 is 6.18 Å². The lowest BCUT2D eigenvalue weighted by molar-refractivity contribution is -0.182. The predicted octanol–water partition coefficient (Wildman–Crippen LogP) is 2.33. The summed E-state index contributed by atoms with van der Waals surface area (Å²) in [4.78, 5) is 18.8. The number of fused-ring (bicyclic) bond motifs is 2. The second kappa shape index (κ2) is 8.63. The Balaban J connectivity index is 1.52. The first-order valence-corrected chi connectivity index (χ1v) is 10.6. The fraction of sp³-hybridized carbons (Fsp3) is 0.545. The minimum atomic E-state index is -4.30. The summed E-state index contributed by atoms with van der Waals surface area (Å²) in [7, 11) is 1.46. The first kappa shape index (κ1) is 21.8. The first-order chi connectivity index (χ1) is 14.8. The largest absolute Gasteiger partial charge is 0.393 e. The number of rotatable bonds is 5. The number of β-amino-alcohol motifs (C(OH)–C–C–N with tert-alkyl or cyclic N) is 1. The average Bonchev–Trinajstić information content (AvgIpc) is 3.10. The summed E-state index contributed by atoms with van der Waals surface area (Å²) < 4.78 is 41.5. The third-order valence-corrected chi connectivity index (χ3v) is 6.28. The number of benzene rings is 1. The van der Waals surface area contributed by atoms with Gasteiger partial charge in [-0.2, -0.15) is 13.2 Å². The van der Waals surface area contributed by atoms with Gasteiger partial charge in [0.25, 0.3) is 5.91 Å². The third kappa shape index (κ3) is 4.62. The highest BCUT2D eigenvalue weighted by atomic mass is 19.4. The molecule has 0 bridgehead atoms. The second-order valence-electron chi connectivity index (χ2n) is 8.40. The molecule has 1 aromatic heterocycles. The summed E-state index contributed by atoms with van der Waals surface area (Å²) in [6.07, 6.45) is -4.02. The van der Waals surface area contributed by atoms with Crippen molar-refractivity contribution >= 4 is 5.91 Å². The van der Waals surface area contributed by atoms with Gasteiger partial charge in [0.1, 0.15) is 11.5 Å². The molecule has 2 aromatic rings. The molecule has 6 nitrogen and oxygen atoms in total. The van der Waals surface area contributed by atoms with Gasteiger partial charge in [-0.1, -0.05) is 24.3 Å². The van der Waals surface area contributed by atoms with E-state index in [4.69, 9.17) is 0 Å². The number of imidazole rings is 1. The number of alkyl halides is 3. The SMILES string of the molecule is CNC(=O)c1nc2n(c1CC(O)CN1CCc3ccccc3C1)CC(C(F)(F)F)CC2. The van der Waals surface area contributed by atoms with Crippen molar-refractivity contribution in [2.24, 2.45) is 5.92 Å². The van der Waals surface area contributed by atoms with Gasteiger partial charge < -0.3 is 15.0 Å². The number of carbonyl (C=O) groups is 1. The van der Waals surface area contributed by atoms with Crippen molar-refractivity contribution in [3.8, 4) is 0 Å². The van der Waals surface area contributed by atoms with Crippen LogP contribution >= 0.6 is 0 Å². The Labute approximate surface area is 179 Å². The lowest BCUT2D eigenvalue weighted by Gasteiger charge is -2.31. The minimum Gasteiger partial charge on any atom is -0.391 e. The topological polar surface area (TPSA) is 70.4 Å². The standard InChI is InChI=1S/C22H27F3N4O2/c1-26-21(31)20-18(29-12-16(22(23,24)25)6-7-19(29)27-20)10-17(30)13-28-9-8-14-4-2-3-5-15(14)11-28/h2-5,16-17,30H,6-13H2,1H3,(H,26,31). The molecule has 31 heavy (non-hydrogen) atoms. The van der Waals surface area contributed by atoms with Crippen molar-refractivity contribution in [2.45, 2.75) is 51.1 Å². The molecular formula is C22H27F3N4O2. The number of aryl methyl sites for hydroxylation is 1. The van der Waals surface area contributed by atoms with Crippen molar-refractivity contribution in [3.63, 3.8) is 0 Å². The van der Waals surface area contributed by atoms with Gasteiger partial charge in [-0.15, -0.1) is 0 Å². The van der Waals surface area contributed by atoms with Gasteiger partial charge in [0.2, 0.25) is 0 Å². The van der Waals surface area contributed by atoms with Crippen LogP contribution in [0.5, 0.6) is 0 Å². The van der Waals surface area contributed by atoms with E-state index in [1.54, 1.807) is 0 Å². The number of aliphatic hydroxyl groups is 1. The summed E-state index contributed by atoms with van der Waals surface area (Å²) in [5.41, 5.74) is 3.02. The van der Waals surface area contributed by atoms with Crippen LogP contribution in [0.25, 0.3) is 0 Å². The summed E-state index contributed by atoms with van der Waals surface area (Å²) in [6, 6.07) is 8.18. The molecule has 168 valence electrons. The maximum atomic E-state index is 13.3. The molecule has 0 aliphatic carbocycles. The summed E-state index contributed by atoms with van der Waals surface area (Å²) in [6.45, 7) is 1.64. The van der Waals surface area contributed by atoms with Crippen molar-refractivity contribution < 1.29 is 23.1 Å². The Kier molecular flexibility index (Phi) is 6.07. The van der Waals surface area contributed by atoms with Crippen LogP contribution in [-0.4, -0.2) is 57.9 Å². The quantitative estimate of drug-likeness (QED) is 0.755. The van der Waals surface area contributed by atoms with Gasteiger partial charge in [-0.25, -0.2) is 4.98 Å². The molecule has 1 amide bonds. The van der Waals surface area contributed by atoms with Crippen molar-refractivity contribution in [1.82, 2.24) is 19.8 Å². The fourth-order valence-corrected chi connectivity index (χ4v) is 4.63. The molecule has 3 heterocycles. The van der Waals surface area contributed by atoms with Crippen LogP contribution in [0.15, 0.2) is 24.3 Å². The van der Waals surface area contributed by atoms with Crippen molar-refractivity contribution in [1.29, 1.82) is 0 Å². The number of hydrogen-bond donors (Lipinski definition) is 2. The van der Waals surface area contributed by atoms with Gasteiger partial charge in [-0.3, -0.25) is 9.69 Å². The molecule has 0 radical (unpaired) electrons. The number of nitrogens with zero attached hydrogens (tertiary/aromatic N) is 3. The van der Waals surface area contributed by atoms with E-state index in [0.717, 1.165) is 19.5 Å². The average molecular weight is 436 g/mol. The molecule has 9 heteroatoms. The van der Waals surface area contributed by atoms with E-state index in [1.807, 2.05) is 12.1 Å². The van der Waals surface area contributed by atoms with Crippen LogP contribution < -0.4 is 5.32 Å². The van der Waals surface area contributed by atoms with Crippen LogP contribution in [0.1, 0.15) is 39.6 Å². The molecule has 0 saturated heterocycles. The molecule has 2 atom stereocenters. The van der Waals surface area contributed by atoms with Crippen molar-refractivity contribution in [3.05, 3.63) is 52.6 Å². The normalized spacial score (nSPS) is 20.1. The Hall–Kier alpha value is -2.39. The second-order valence-corrected chi connectivity index (χ2v) is 8.40. The van der Waals surface area contributed by atoms with E-state index in [-0.39, 0.29) is 31.5 Å². The highest BCUT2D eigenvalue weighted by Gasteiger charge is 2.43. The maximum Gasteiger partial charge on any atom is 0.393 e. The number of hydrogen-bond acceptors (Lipinski definition) is 4. The summed E-state index contributed by atoms with van der Waals surface area (Å²) in [5, 5.41) is 13.3. The lowest BCUT2D eigenvalue weighted by atomic mass is 9.98. The monoisotopic (exact) mass is 436 g/mol. The maximum absolute atomic E-state index is 13.3. The fourth-order valence-electron chi connectivity index (χ4n) is 4.63. The molecule has 0 spiro atoms. The minimum absolute atomic E-state index is 0.0388. The first-order valence-electron chi connectivity index (χ1n) is 10.6. The smallest absolute Gasteiger partial charge is 0.391 e. The highest BCUT2D eigenvalue weighted by molar-refractivity contribution is 5.93. The molecular weight excluding hydrogens is 409 g/mol. The van der Waals surface area contributed by atoms with E-state index < -0.39 is 24.1 Å². The van der Waals surface area contributed by atoms with E-state index >= 15 is 0 Å². The molecule has 0 fully saturated rings. The zero-order valence-electron chi connectivity index (χ0n) is 17.5. The summed E-state index contributed by atoms with van der Waals surface area (Å²) >= 11 is 0. The number of amides is 1. The molecule has 4 rings (SSSR count). The number of carbonyl (C=O) groups excluding carboxylic acids is 1. The molecule has 2 aliphatic heterocycles. The number of nitrogens with one attached hydrogen (secondary N) is 1. The van der Waals surface area contributed by atoms with Crippen molar-refractivity contribution in [2.75, 3.05) is 20.1 Å². The van der Waals surface area contributed by atoms with Gasteiger partial charge in [0, 0.05) is 46.1 Å². The van der Waals surface area contributed by atoms with Crippen LogP contribution in [0.2, 0.25) is 0 Å². The zero-order chi connectivity index (χ0) is 22.2. The van der Waals surface area contributed by atoms with Crippen LogP contribution in [-0.2, 0) is 32.4 Å². The number of aliphatic hydroxyl groups excluding tert-OH is 1. The van der Waals surface area contributed by atoms with Gasteiger partial charge in [0.05, 0.1) is 17.7 Å². The molecule has 2 N–H and O–H groups in total. The highest BCUT2D eigenvalue weighted by Crippen LogP contribution is 2.35. The lowest BCUT2D eigenvalue weighted by Crippen LogP contribution is -2.38. The molecule has 1 aromatic carbocycles. The Morgan fingerprint density at radius 3 is 2.74 bits per heavy atom. The van der Waals surface area contributed by atoms with Crippen LogP contribution in [0.3, 0.4) is 0 Å². The van der Waals surface area contributed by atoms with Gasteiger partial charge in [-0.05, 0) is 24.0 Å². The van der Waals surface area contributed by atoms with E-state index in [0.29, 0.717) is 18.1 Å². The van der Waals surface area contributed by atoms with Gasteiger partial charge in [0.15, 0.2) is 0 Å². The van der Waals surface area contributed by atoms with E-state index in [1.165, 1.54) is 22.7 Å². The zero-order valence-corrected chi connectivity index (χ0v) is 17.5. The van der Waals surface area contributed by atoms with E-state index in [2.05, 4.69) is 27.3 Å². The third-order valence-electron chi connectivity index (χ3n) is 6.28. The van der Waals surface area contributed by atoms with E-state index in [9.17, 15) is 23.1 Å². The Bertz CT molecular complexity index is 957. The summed E-state index contributed by atoms with van der Waals surface area (Å²) in [5.74, 6) is -1.44. The molecule has 0 saturated carbocycles. The number of halogens is 3. The Morgan fingerprint density at radius 2 is 2.03 bits per heavy atom. The molecule has 2 unspecified atom stereocenters. The number of aromatic nitrogens is 2. The van der Waals surface area contributed by atoms with Crippen LogP contribution in [0, 0.1) is 5.92 Å². The molecule has 2 aliphatic rings. The Morgan fingerprint density at radius 1 is 1.29 bits per heavy atom. The predicted molar refractivity (Wildman–Crippen MR) is 109 cm³/mol.